The molecule has 1 aliphatic rings. The Morgan fingerprint density at radius 3 is 2.85 bits per heavy atom. The van der Waals surface area contributed by atoms with Gasteiger partial charge < -0.3 is 15.0 Å². The van der Waals surface area contributed by atoms with E-state index in [-0.39, 0.29) is 17.6 Å². The maximum absolute atomic E-state index is 12.6. The van der Waals surface area contributed by atoms with Crippen LogP contribution in [0, 0.1) is 0 Å². The molecule has 0 bridgehead atoms. The molecule has 0 unspecified atom stereocenters. The predicted octanol–water partition coefficient (Wildman–Crippen LogP) is 4.00. The van der Waals surface area contributed by atoms with E-state index in [0.29, 0.717) is 41.9 Å². The number of hydrogen-bond donors (Lipinski definition) is 1. The highest BCUT2D eigenvalue weighted by Crippen LogP contribution is 2.31. The molecule has 170 valence electrons. The topological polar surface area (TPSA) is 89.4 Å². The number of nitrogens with one attached hydrogen (secondary N) is 1. The van der Waals surface area contributed by atoms with Crippen molar-refractivity contribution in [3.05, 3.63) is 61.2 Å². The van der Waals surface area contributed by atoms with Gasteiger partial charge in [0.05, 0.1) is 18.4 Å². The Bertz CT molecular complexity index is 1180. The number of benzene rings is 2. The summed E-state index contributed by atoms with van der Waals surface area (Å²) < 4.78 is 7.36. The Balaban J connectivity index is 1.45. The molecular weight excluding hydrogens is 438 g/mol. The van der Waals surface area contributed by atoms with Crippen LogP contribution in [0.1, 0.15) is 12.8 Å². The fourth-order valence-electron chi connectivity index (χ4n) is 3.72. The van der Waals surface area contributed by atoms with Gasteiger partial charge >= 0.3 is 0 Å². The summed E-state index contributed by atoms with van der Waals surface area (Å²) in [5, 5.41) is 12.1. The van der Waals surface area contributed by atoms with Gasteiger partial charge in [0.15, 0.2) is 11.0 Å². The minimum Gasteiger partial charge on any atom is -0.496 e. The molecule has 4 rings (SSSR count). The maximum atomic E-state index is 12.6. The molecule has 0 spiro atoms. The van der Waals surface area contributed by atoms with Crippen LogP contribution in [-0.4, -0.2) is 46.0 Å². The molecule has 33 heavy (non-hydrogen) atoms. The zero-order valence-electron chi connectivity index (χ0n) is 18.4. The van der Waals surface area contributed by atoms with Crippen molar-refractivity contribution in [1.29, 1.82) is 0 Å². The number of allylic oxidation sites excluding steroid dienone is 1. The standard InChI is InChI=1S/C24H25N5O3S/c1-3-13-29-23(19-10-4-5-11-20(19)32-2)26-27-24(29)33-16-21(30)25-17-8-6-9-18(15-17)28-14-7-12-22(28)31/h3-6,8-11,15H,1,7,12-14,16H2,2H3,(H,25,30). The third-order valence-corrected chi connectivity index (χ3v) is 6.19. The second kappa shape index (κ2) is 10.4. The number of methoxy groups -OCH3 is 1. The summed E-state index contributed by atoms with van der Waals surface area (Å²) in [5.41, 5.74) is 2.27. The number of hydrogen-bond acceptors (Lipinski definition) is 6. The molecule has 0 saturated carbocycles. The van der Waals surface area contributed by atoms with Crippen LogP contribution in [0.2, 0.25) is 0 Å². The van der Waals surface area contributed by atoms with Gasteiger partial charge in [-0.25, -0.2) is 0 Å². The summed E-state index contributed by atoms with van der Waals surface area (Å²) in [6.45, 7) is 5.03. The summed E-state index contributed by atoms with van der Waals surface area (Å²) in [5.74, 6) is 1.45. The van der Waals surface area contributed by atoms with Crippen molar-refractivity contribution in [2.45, 2.75) is 24.5 Å². The van der Waals surface area contributed by atoms with Crippen molar-refractivity contribution in [1.82, 2.24) is 14.8 Å². The number of nitrogens with zero attached hydrogens (tertiary/aromatic N) is 4. The van der Waals surface area contributed by atoms with Crippen LogP contribution < -0.4 is 15.0 Å². The van der Waals surface area contributed by atoms with E-state index >= 15 is 0 Å². The van der Waals surface area contributed by atoms with E-state index < -0.39 is 0 Å². The lowest BCUT2D eigenvalue weighted by Gasteiger charge is -2.16. The normalized spacial score (nSPS) is 13.2. The van der Waals surface area contributed by atoms with E-state index in [1.54, 1.807) is 18.1 Å². The first kappa shape index (κ1) is 22.6. The fourth-order valence-corrected chi connectivity index (χ4v) is 4.47. The second-order valence-corrected chi connectivity index (χ2v) is 8.38. The smallest absolute Gasteiger partial charge is 0.234 e. The van der Waals surface area contributed by atoms with Gasteiger partial charge in [-0.2, -0.15) is 0 Å². The predicted molar refractivity (Wildman–Crippen MR) is 130 cm³/mol. The maximum Gasteiger partial charge on any atom is 0.234 e. The van der Waals surface area contributed by atoms with Crippen LogP contribution in [0.5, 0.6) is 5.75 Å². The van der Waals surface area contributed by atoms with Crippen LogP contribution in [0.25, 0.3) is 11.4 Å². The molecule has 2 aromatic carbocycles. The number of aromatic nitrogens is 3. The fraction of sp³-hybridized carbons (Fsp3) is 0.250. The number of thioether (sulfide) groups is 1. The molecule has 0 radical (unpaired) electrons. The molecule has 9 heteroatoms. The van der Waals surface area contributed by atoms with E-state index in [2.05, 4.69) is 22.1 Å². The lowest BCUT2D eigenvalue weighted by molar-refractivity contribution is -0.117. The van der Waals surface area contributed by atoms with Gasteiger partial charge in [-0.3, -0.25) is 14.2 Å². The first-order valence-corrected chi connectivity index (χ1v) is 11.6. The molecule has 0 aliphatic carbocycles. The summed E-state index contributed by atoms with van der Waals surface area (Å²) in [6, 6.07) is 14.9. The molecule has 0 atom stereocenters. The lowest BCUT2D eigenvalue weighted by atomic mass is 10.2. The highest BCUT2D eigenvalue weighted by molar-refractivity contribution is 7.99. The Morgan fingerprint density at radius 1 is 1.24 bits per heavy atom. The summed E-state index contributed by atoms with van der Waals surface area (Å²) in [4.78, 5) is 26.4. The zero-order chi connectivity index (χ0) is 23.2. The molecular formula is C24H25N5O3S. The van der Waals surface area contributed by atoms with Gasteiger partial charge in [-0.15, -0.1) is 16.8 Å². The number of amides is 2. The molecule has 3 aromatic rings. The third kappa shape index (κ3) is 5.09. The number of para-hydroxylation sites is 1. The monoisotopic (exact) mass is 463 g/mol. The van der Waals surface area contributed by atoms with E-state index in [1.165, 1.54) is 11.8 Å². The number of rotatable bonds is 9. The first-order chi connectivity index (χ1) is 16.1. The van der Waals surface area contributed by atoms with Crippen molar-refractivity contribution in [3.8, 4) is 17.1 Å². The minimum atomic E-state index is -0.170. The Hall–Kier alpha value is -3.59. The SMILES string of the molecule is C=CCn1c(SCC(=O)Nc2cccc(N3CCCC3=O)c2)nnc1-c1ccccc1OC. The van der Waals surface area contributed by atoms with Gasteiger partial charge in [-0.1, -0.05) is 36.0 Å². The quantitative estimate of drug-likeness (QED) is 0.381. The van der Waals surface area contributed by atoms with Crippen LogP contribution >= 0.6 is 11.8 Å². The summed E-state index contributed by atoms with van der Waals surface area (Å²) in [6.07, 6.45) is 3.18. The number of carbonyl (C=O) groups excluding carboxylic acids is 2. The molecule has 2 amide bonds. The second-order valence-electron chi connectivity index (χ2n) is 7.44. The average Bonchev–Trinajstić information content (AvgIpc) is 3.44. The van der Waals surface area contributed by atoms with E-state index in [4.69, 9.17) is 4.74 Å². The first-order valence-electron chi connectivity index (χ1n) is 10.6. The van der Waals surface area contributed by atoms with Gasteiger partial charge in [0, 0.05) is 30.9 Å². The zero-order valence-corrected chi connectivity index (χ0v) is 19.2. The average molecular weight is 464 g/mol. The van der Waals surface area contributed by atoms with E-state index in [0.717, 1.165) is 17.7 Å². The highest BCUT2D eigenvalue weighted by atomic mass is 32.2. The van der Waals surface area contributed by atoms with Crippen molar-refractivity contribution in [3.63, 3.8) is 0 Å². The van der Waals surface area contributed by atoms with Crippen molar-refractivity contribution >= 4 is 35.0 Å². The minimum absolute atomic E-state index is 0.112. The van der Waals surface area contributed by atoms with Gasteiger partial charge in [0.2, 0.25) is 11.8 Å². The lowest BCUT2D eigenvalue weighted by Crippen LogP contribution is -2.23. The molecule has 2 heterocycles. The molecule has 1 N–H and O–H groups in total. The van der Waals surface area contributed by atoms with Gasteiger partial charge in [0.25, 0.3) is 0 Å². The Morgan fingerprint density at radius 2 is 2.09 bits per heavy atom. The van der Waals surface area contributed by atoms with Crippen LogP contribution in [0.4, 0.5) is 11.4 Å². The number of carbonyl (C=O) groups is 2. The van der Waals surface area contributed by atoms with Crippen LogP contribution in [-0.2, 0) is 16.1 Å². The number of anilines is 2. The van der Waals surface area contributed by atoms with Crippen molar-refractivity contribution in [2.75, 3.05) is 29.6 Å². The third-order valence-electron chi connectivity index (χ3n) is 5.22. The van der Waals surface area contributed by atoms with Crippen LogP contribution in [0.3, 0.4) is 0 Å². The van der Waals surface area contributed by atoms with Gasteiger partial charge in [-0.05, 0) is 36.8 Å². The van der Waals surface area contributed by atoms with Crippen molar-refractivity contribution in [2.24, 2.45) is 0 Å². The van der Waals surface area contributed by atoms with E-state index in [1.807, 2.05) is 53.1 Å². The number of ether oxygens (including phenoxy) is 1. The highest BCUT2D eigenvalue weighted by Gasteiger charge is 2.22. The largest absolute Gasteiger partial charge is 0.496 e. The molecule has 1 saturated heterocycles. The molecule has 8 nitrogen and oxygen atoms in total. The summed E-state index contributed by atoms with van der Waals surface area (Å²) >= 11 is 1.30. The molecule has 1 aromatic heterocycles. The Labute approximate surface area is 196 Å². The molecule has 1 aliphatic heterocycles. The van der Waals surface area contributed by atoms with Crippen LogP contribution in [0.15, 0.2) is 66.3 Å². The van der Waals surface area contributed by atoms with E-state index in [9.17, 15) is 9.59 Å². The van der Waals surface area contributed by atoms with Gasteiger partial charge in [0.1, 0.15) is 5.75 Å². The molecule has 1 fully saturated rings. The van der Waals surface area contributed by atoms with Crippen molar-refractivity contribution < 1.29 is 14.3 Å². The summed E-state index contributed by atoms with van der Waals surface area (Å²) in [7, 11) is 1.61. The Kier molecular flexibility index (Phi) is 7.09.